The minimum absolute atomic E-state index is 0.163. The van der Waals surface area contributed by atoms with Crippen LogP contribution in [0.2, 0.25) is 0 Å². The van der Waals surface area contributed by atoms with Crippen LogP contribution in [-0.2, 0) is 16.0 Å². The van der Waals surface area contributed by atoms with Crippen molar-refractivity contribution in [3.63, 3.8) is 0 Å². The van der Waals surface area contributed by atoms with Gasteiger partial charge in [0.15, 0.2) is 0 Å². The molecule has 0 aromatic heterocycles. The van der Waals surface area contributed by atoms with Crippen LogP contribution in [0.15, 0.2) is 54.6 Å². The lowest BCUT2D eigenvalue weighted by molar-refractivity contribution is -0.128. The van der Waals surface area contributed by atoms with E-state index in [1.54, 1.807) is 18.2 Å². The molecule has 124 valence electrons. The zero-order valence-corrected chi connectivity index (χ0v) is 13.3. The second-order valence-electron chi connectivity index (χ2n) is 5.31. The van der Waals surface area contributed by atoms with Gasteiger partial charge >= 0.3 is 0 Å². The Labute approximate surface area is 140 Å². The molecule has 24 heavy (non-hydrogen) atoms. The maximum Gasteiger partial charge on any atom is 0.257 e. The number of carbonyl (C=O) groups excluding carboxylic acids is 3. The van der Waals surface area contributed by atoms with E-state index in [0.717, 1.165) is 11.1 Å². The number of hydrogen-bond donors (Lipinski definition) is 3. The van der Waals surface area contributed by atoms with Crippen molar-refractivity contribution in [3.8, 4) is 0 Å². The van der Waals surface area contributed by atoms with Crippen molar-refractivity contribution in [3.05, 3.63) is 71.3 Å². The number of carbonyl (C=O) groups is 3. The summed E-state index contributed by atoms with van der Waals surface area (Å²) in [5.74, 6) is -1.18. The van der Waals surface area contributed by atoms with Crippen LogP contribution in [0, 0.1) is 6.92 Å². The molecule has 0 bridgehead atoms. The lowest BCUT2D eigenvalue weighted by Gasteiger charge is -2.09. The molecule has 3 N–H and O–H groups in total. The lowest BCUT2D eigenvalue weighted by Crippen LogP contribution is -2.46. The monoisotopic (exact) mass is 325 g/mol. The van der Waals surface area contributed by atoms with Gasteiger partial charge in [-0.1, -0.05) is 48.0 Å². The number of amides is 3. The van der Waals surface area contributed by atoms with E-state index in [1.807, 2.05) is 43.3 Å². The second kappa shape index (κ2) is 8.47. The lowest BCUT2D eigenvalue weighted by atomic mass is 10.1. The van der Waals surface area contributed by atoms with Crippen molar-refractivity contribution in [2.45, 2.75) is 13.3 Å². The molecule has 0 unspecified atom stereocenters. The van der Waals surface area contributed by atoms with Crippen molar-refractivity contribution in [2.75, 3.05) is 6.54 Å². The van der Waals surface area contributed by atoms with E-state index in [-0.39, 0.29) is 24.8 Å². The van der Waals surface area contributed by atoms with Gasteiger partial charge < -0.3 is 5.32 Å². The van der Waals surface area contributed by atoms with E-state index in [2.05, 4.69) is 16.2 Å². The fourth-order valence-electron chi connectivity index (χ4n) is 2.06. The van der Waals surface area contributed by atoms with Gasteiger partial charge in [0, 0.05) is 5.56 Å². The van der Waals surface area contributed by atoms with Crippen molar-refractivity contribution in [1.29, 1.82) is 0 Å². The summed E-state index contributed by atoms with van der Waals surface area (Å²) in [6.45, 7) is 1.66. The van der Waals surface area contributed by atoms with Crippen LogP contribution in [0.3, 0.4) is 0 Å². The maximum atomic E-state index is 11.9. The van der Waals surface area contributed by atoms with E-state index < -0.39 is 5.91 Å². The average Bonchev–Trinajstić information content (AvgIpc) is 2.58. The van der Waals surface area contributed by atoms with Gasteiger partial charge in [-0.3, -0.25) is 25.2 Å². The summed E-state index contributed by atoms with van der Waals surface area (Å²) in [7, 11) is 0. The molecule has 0 spiro atoms. The Balaban J connectivity index is 1.71. The molecule has 0 heterocycles. The first kappa shape index (κ1) is 17.2. The molecule has 6 heteroatoms. The molecule has 2 aromatic rings. The molecule has 0 aliphatic heterocycles. The molecule has 0 fully saturated rings. The first-order valence-corrected chi connectivity index (χ1v) is 7.51. The topological polar surface area (TPSA) is 87.3 Å². The van der Waals surface area contributed by atoms with Gasteiger partial charge in [0.25, 0.3) is 11.8 Å². The molecular formula is C18H19N3O3. The molecular weight excluding hydrogens is 306 g/mol. The van der Waals surface area contributed by atoms with Gasteiger partial charge in [-0.05, 0) is 24.6 Å². The van der Waals surface area contributed by atoms with Gasteiger partial charge in [-0.15, -0.1) is 0 Å². The molecule has 0 aliphatic carbocycles. The zero-order chi connectivity index (χ0) is 17.4. The molecule has 2 aromatic carbocycles. The maximum absolute atomic E-state index is 11.9. The molecule has 0 radical (unpaired) electrons. The Bertz CT molecular complexity index is 729. The standard InChI is InChI=1S/C18H19N3O3/c1-13-6-5-9-15(10-13)18(24)19-12-17(23)21-20-16(22)11-14-7-3-2-4-8-14/h2-10H,11-12H2,1H3,(H,19,24)(H,20,22)(H,21,23). The average molecular weight is 325 g/mol. The minimum Gasteiger partial charge on any atom is -0.343 e. The molecule has 0 saturated heterocycles. The third kappa shape index (κ3) is 5.57. The normalized spacial score (nSPS) is 9.88. The Morgan fingerprint density at radius 2 is 1.58 bits per heavy atom. The molecule has 6 nitrogen and oxygen atoms in total. The second-order valence-corrected chi connectivity index (χ2v) is 5.31. The molecule has 3 amide bonds. The molecule has 0 aliphatic rings. The van der Waals surface area contributed by atoms with Crippen LogP contribution in [0.4, 0.5) is 0 Å². The van der Waals surface area contributed by atoms with Gasteiger partial charge in [0.05, 0.1) is 13.0 Å². The minimum atomic E-state index is -0.502. The fraction of sp³-hybridized carbons (Fsp3) is 0.167. The van der Waals surface area contributed by atoms with E-state index in [0.29, 0.717) is 5.56 Å². The van der Waals surface area contributed by atoms with E-state index in [4.69, 9.17) is 0 Å². The van der Waals surface area contributed by atoms with E-state index in [1.165, 1.54) is 0 Å². The van der Waals surface area contributed by atoms with Crippen LogP contribution in [0.1, 0.15) is 21.5 Å². The van der Waals surface area contributed by atoms with Gasteiger partial charge in [0.1, 0.15) is 0 Å². The van der Waals surface area contributed by atoms with Crippen LogP contribution < -0.4 is 16.2 Å². The van der Waals surface area contributed by atoms with E-state index in [9.17, 15) is 14.4 Å². The van der Waals surface area contributed by atoms with Crippen molar-refractivity contribution < 1.29 is 14.4 Å². The Hall–Kier alpha value is -3.15. The summed E-state index contributed by atoms with van der Waals surface area (Å²) in [5.41, 5.74) is 6.87. The molecule has 0 atom stereocenters. The number of aryl methyl sites for hydroxylation is 1. The highest BCUT2D eigenvalue weighted by atomic mass is 16.2. The summed E-state index contributed by atoms with van der Waals surface area (Å²) < 4.78 is 0. The van der Waals surface area contributed by atoms with Crippen LogP contribution in [-0.4, -0.2) is 24.3 Å². The Morgan fingerprint density at radius 3 is 2.29 bits per heavy atom. The van der Waals surface area contributed by atoms with Crippen molar-refractivity contribution >= 4 is 17.7 Å². The number of nitrogens with one attached hydrogen (secondary N) is 3. The summed E-state index contributed by atoms with van der Waals surface area (Å²) in [4.78, 5) is 35.3. The summed E-state index contributed by atoms with van der Waals surface area (Å²) in [5, 5.41) is 2.50. The van der Waals surface area contributed by atoms with E-state index >= 15 is 0 Å². The highest BCUT2D eigenvalue weighted by molar-refractivity contribution is 5.96. The fourth-order valence-corrected chi connectivity index (χ4v) is 2.06. The first-order chi connectivity index (χ1) is 11.5. The smallest absolute Gasteiger partial charge is 0.257 e. The largest absolute Gasteiger partial charge is 0.343 e. The van der Waals surface area contributed by atoms with Crippen LogP contribution >= 0.6 is 0 Å². The van der Waals surface area contributed by atoms with Crippen molar-refractivity contribution in [2.24, 2.45) is 0 Å². The van der Waals surface area contributed by atoms with Gasteiger partial charge in [0.2, 0.25) is 5.91 Å². The number of rotatable bonds is 5. The zero-order valence-electron chi connectivity index (χ0n) is 13.3. The SMILES string of the molecule is Cc1cccc(C(=O)NCC(=O)NNC(=O)Cc2ccccc2)c1. The quantitative estimate of drug-likeness (QED) is 0.720. The summed E-state index contributed by atoms with van der Waals surface area (Å²) in [6.07, 6.45) is 0.163. The predicted octanol–water partition coefficient (Wildman–Crippen LogP) is 1.11. The highest BCUT2D eigenvalue weighted by Gasteiger charge is 2.09. The predicted molar refractivity (Wildman–Crippen MR) is 89.9 cm³/mol. The van der Waals surface area contributed by atoms with Gasteiger partial charge in [-0.25, -0.2) is 0 Å². The van der Waals surface area contributed by atoms with Gasteiger partial charge in [-0.2, -0.15) is 0 Å². The number of hydrogen-bond acceptors (Lipinski definition) is 3. The molecule has 0 saturated carbocycles. The van der Waals surface area contributed by atoms with Crippen LogP contribution in [0.25, 0.3) is 0 Å². The third-order valence-electron chi connectivity index (χ3n) is 3.24. The Morgan fingerprint density at radius 1 is 0.875 bits per heavy atom. The van der Waals surface area contributed by atoms with Crippen molar-refractivity contribution in [1.82, 2.24) is 16.2 Å². The Kier molecular flexibility index (Phi) is 6.08. The number of benzene rings is 2. The highest BCUT2D eigenvalue weighted by Crippen LogP contribution is 2.03. The third-order valence-corrected chi connectivity index (χ3v) is 3.24. The molecule has 2 rings (SSSR count). The summed E-state index contributed by atoms with van der Waals surface area (Å²) in [6, 6.07) is 16.2. The number of hydrazine groups is 1. The van der Waals surface area contributed by atoms with Crippen LogP contribution in [0.5, 0.6) is 0 Å². The first-order valence-electron chi connectivity index (χ1n) is 7.51. The summed E-state index contributed by atoms with van der Waals surface area (Å²) >= 11 is 0.